The molecule has 0 unspecified atom stereocenters. The van der Waals surface area contributed by atoms with Crippen molar-refractivity contribution in [3.63, 3.8) is 0 Å². The third-order valence-electron chi connectivity index (χ3n) is 1.85. The molecular weight excluding hydrogens is 300 g/mol. The maximum Gasteiger partial charge on any atom is 0.413 e. The highest BCUT2D eigenvalue weighted by Crippen LogP contribution is 2.31. The van der Waals surface area contributed by atoms with Crippen LogP contribution in [0.1, 0.15) is 12.6 Å². The van der Waals surface area contributed by atoms with Crippen molar-refractivity contribution >= 4 is 34.3 Å². The highest BCUT2D eigenvalue weighted by atomic mass is 32.2. The van der Waals surface area contributed by atoms with Gasteiger partial charge in [-0.25, -0.2) is 14.8 Å². The van der Waals surface area contributed by atoms with Crippen molar-refractivity contribution in [2.24, 2.45) is 0 Å². The van der Waals surface area contributed by atoms with Crippen molar-refractivity contribution in [2.45, 2.75) is 16.3 Å². The van der Waals surface area contributed by atoms with E-state index in [9.17, 15) is 4.79 Å². The molecule has 0 saturated carbocycles. The number of ether oxygens (including phenoxy) is 1. The second kappa shape index (κ2) is 6.78. The lowest BCUT2D eigenvalue weighted by molar-refractivity contribution is 0.168. The minimum Gasteiger partial charge on any atom is -0.450 e. The van der Waals surface area contributed by atoms with E-state index in [0.717, 1.165) is 23.1 Å². The minimum atomic E-state index is -0.586. The molecule has 102 valence electrons. The Morgan fingerprint density at radius 3 is 3.05 bits per heavy atom. The molecule has 0 aliphatic heterocycles. The molecule has 2 rings (SSSR count). The van der Waals surface area contributed by atoms with Gasteiger partial charge in [-0.1, -0.05) is 11.3 Å². The third kappa shape index (κ3) is 3.62. The first kappa shape index (κ1) is 14.2. The van der Waals surface area contributed by atoms with Gasteiger partial charge in [0.25, 0.3) is 0 Å². The van der Waals surface area contributed by atoms with Crippen LogP contribution in [0.15, 0.2) is 21.8 Å². The average molecular weight is 308 g/mol. The number of carbonyl (C=O) groups is 1. The first-order valence-electron chi connectivity index (χ1n) is 5.39. The average Bonchev–Trinajstić information content (AvgIpc) is 2.87. The summed E-state index contributed by atoms with van der Waals surface area (Å²) in [6, 6.07) is 1.94. The van der Waals surface area contributed by atoms with Gasteiger partial charge in [0, 0.05) is 12.4 Å². The number of rotatable bonds is 4. The normalized spacial score (nSPS) is 9.80. The van der Waals surface area contributed by atoms with Crippen LogP contribution < -0.4 is 5.32 Å². The lowest BCUT2D eigenvalue weighted by atomic mass is 10.5. The summed E-state index contributed by atoms with van der Waals surface area (Å²) in [4.78, 5) is 19.2. The summed E-state index contributed by atoms with van der Waals surface area (Å²) in [5.74, 6) is 0. The Labute approximate surface area is 122 Å². The molecule has 0 saturated heterocycles. The van der Waals surface area contributed by atoms with E-state index in [1.165, 1.54) is 12.4 Å². The van der Waals surface area contributed by atoms with Gasteiger partial charge < -0.3 is 4.74 Å². The molecule has 0 radical (unpaired) electrons. The van der Waals surface area contributed by atoms with Crippen LogP contribution >= 0.6 is 23.1 Å². The second-order valence-electron chi connectivity index (χ2n) is 3.14. The van der Waals surface area contributed by atoms with Gasteiger partial charge in [0.05, 0.1) is 6.61 Å². The number of nitrogens with zero attached hydrogens (tertiary/aromatic N) is 5. The van der Waals surface area contributed by atoms with Crippen LogP contribution in [0, 0.1) is 11.3 Å². The topological polar surface area (TPSA) is 114 Å². The van der Waals surface area contributed by atoms with Gasteiger partial charge in [0.2, 0.25) is 5.13 Å². The van der Waals surface area contributed by atoms with Gasteiger partial charge >= 0.3 is 6.09 Å². The number of nitrogens with one attached hydrogen (secondary N) is 1. The summed E-state index contributed by atoms with van der Waals surface area (Å²) >= 11 is 2.31. The number of hydrogen-bond acceptors (Lipinski definition) is 9. The molecule has 2 aromatic heterocycles. The van der Waals surface area contributed by atoms with E-state index < -0.39 is 6.09 Å². The van der Waals surface area contributed by atoms with Gasteiger partial charge in [-0.05, 0) is 18.7 Å². The number of aromatic nitrogens is 4. The van der Waals surface area contributed by atoms with Crippen LogP contribution in [-0.2, 0) is 4.74 Å². The fourth-order valence-electron chi connectivity index (χ4n) is 1.12. The van der Waals surface area contributed by atoms with E-state index in [1.807, 2.05) is 6.07 Å². The zero-order chi connectivity index (χ0) is 14.4. The molecule has 8 nitrogen and oxygen atoms in total. The Kier molecular flexibility index (Phi) is 4.80. The Morgan fingerprint density at radius 1 is 1.50 bits per heavy atom. The fourth-order valence-corrected chi connectivity index (χ4v) is 2.77. The predicted octanol–water partition coefficient (Wildman–Crippen LogP) is 1.92. The largest absolute Gasteiger partial charge is 0.450 e. The number of nitriles is 1. The van der Waals surface area contributed by atoms with Crippen LogP contribution in [0.5, 0.6) is 0 Å². The smallest absolute Gasteiger partial charge is 0.413 e. The van der Waals surface area contributed by atoms with Crippen LogP contribution in [0.3, 0.4) is 0 Å². The zero-order valence-corrected chi connectivity index (χ0v) is 11.9. The lowest BCUT2D eigenvalue weighted by Gasteiger charge is -1.99. The molecule has 0 spiro atoms. The van der Waals surface area contributed by atoms with Crippen molar-refractivity contribution in [1.29, 1.82) is 5.26 Å². The fraction of sp³-hybridized carbons (Fsp3) is 0.200. The Morgan fingerprint density at radius 2 is 2.30 bits per heavy atom. The molecule has 2 heterocycles. The first-order valence-corrected chi connectivity index (χ1v) is 7.02. The summed E-state index contributed by atoms with van der Waals surface area (Å²) in [5, 5.41) is 19.8. The quantitative estimate of drug-likeness (QED) is 0.852. The molecule has 0 fully saturated rings. The molecule has 0 atom stereocenters. The van der Waals surface area contributed by atoms with E-state index >= 15 is 0 Å². The summed E-state index contributed by atoms with van der Waals surface area (Å²) in [7, 11) is 0. The van der Waals surface area contributed by atoms with Crippen LogP contribution in [0.25, 0.3) is 0 Å². The van der Waals surface area contributed by atoms with E-state index in [4.69, 9.17) is 10.00 Å². The second-order valence-corrected chi connectivity index (χ2v) is 5.36. The standard InChI is InChI=1S/C10H8N6O2S2/c1-2-18-9(17)14-8-15-16-10(20-8)19-7-6(5-11)12-3-4-13-7/h3-4H,2H2,1H3,(H,14,15,17). The first-order chi connectivity index (χ1) is 9.72. The van der Waals surface area contributed by atoms with Crippen LogP contribution in [0.2, 0.25) is 0 Å². The van der Waals surface area contributed by atoms with Crippen LogP contribution in [0.4, 0.5) is 9.93 Å². The third-order valence-corrected chi connectivity index (χ3v) is 3.73. The van der Waals surface area contributed by atoms with Gasteiger partial charge in [-0.2, -0.15) is 5.26 Å². The summed E-state index contributed by atoms with van der Waals surface area (Å²) in [5.41, 5.74) is 0.215. The number of anilines is 1. The summed E-state index contributed by atoms with van der Waals surface area (Å²) in [6.07, 6.45) is 2.34. The molecule has 0 aromatic carbocycles. The van der Waals surface area contributed by atoms with E-state index in [1.54, 1.807) is 6.92 Å². The van der Waals surface area contributed by atoms with Crippen LogP contribution in [-0.4, -0.2) is 32.9 Å². The molecule has 0 aliphatic carbocycles. The molecule has 0 bridgehead atoms. The number of amides is 1. The van der Waals surface area contributed by atoms with E-state index in [-0.39, 0.29) is 12.3 Å². The van der Waals surface area contributed by atoms with Gasteiger partial charge in [0.15, 0.2) is 10.0 Å². The maximum absolute atomic E-state index is 11.2. The van der Waals surface area contributed by atoms with Gasteiger partial charge in [0.1, 0.15) is 11.1 Å². The lowest BCUT2D eigenvalue weighted by Crippen LogP contribution is -2.12. The predicted molar refractivity (Wildman–Crippen MR) is 71.4 cm³/mol. The number of carbonyl (C=O) groups excluding carboxylic acids is 1. The van der Waals surface area contributed by atoms with Crippen molar-refractivity contribution < 1.29 is 9.53 Å². The maximum atomic E-state index is 11.2. The van der Waals surface area contributed by atoms with Crippen molar-refractivity contribution in [2.75, 3.05) is 11.9 Å². The molecule has 1 N–H and O–H groups in total. The molecule has 10 heteroatoms. The van der Waals surface area contributed by atoms with E-state index in [2.05, 4.69) is 25.5 Å². The molecule has 0 aliphatic rings. The van der Waals surface area contributed by atoms with Gasteiger partial charge in [-0.15, -0.1) is 10.2 Å². The SMILES string of the molecule is CCOC(=O)Nc1nnc(Sc2nccnc2C#N)s1. The molecule has 2 aromatic rings. The van der Waals surface area contributed by atoms with Crippen molar-refractivity contribution in [3.05, 3.63) is 18.1 Å². The van der Waals surface area contributed by atoms with E-state index in [0.29, 0.717) is 14.5 Å². The number of hydrogen-bond donors (Lipinski definition) is 1. The Bertz CT molecular complexity index is 653. The zero-order valence-electron chi connectivity index (χ0n) is 10.2. The summed E-state index contributed by atoms with van der Waals surface area (Å²) in [6.45, 7) is 1.98. The highest BCUT2D eigenvalue weighted by Gasteiger charge is 2.12. The summed E-state index contributed by atoms with van der Waals surface area (Å²) < 4.78 is 5.26. The Balaban J connectivity index is 2.06. The molecular formula is C10H8N6O2S2. The van der Waals surface area contributed by atoms with Crippen molar-refractivity contribution in [1.82, 2.24) is 20.2 Å². The molecule has 1 amide bonds. The Hall–Kier alpha value is -2.25. The monoisotopic (exact) mass is 308 g/mol. The highest BCUT2D eigenvalue weighted by molar-refractivity contribution is 8.01. The minimum absolute atomic E-state index is 0.215. The van der Waals surface area contributed by atoms with Gasteiger partial charge in [-0.3, -0.25) is 5.32 Å². The molecule has 20 heavy (non-hydrogen) atoms. The van der Waals surface area contributed by atoms with Crippen molar-refractivity contribution in [3.8, 4) is 6.07 Å².